The summed E-state index contributed by atoms with van der Waals surface area (Å²) in [4.78, 5) is 8.77. The van der Waals surface area contributed by atoms with E-state index in [9.17, 15) is 0 Å². The fraction of sp³-hybridized carbons (Fsp3) is 0.412. The molecule has 0 saturated carbocycles. The van der Waals surface area contributed by atoms with Gasteiger partial charge in [-0.15, -0.1) is 0 Å². The molecule has 0 bridgehead atoms. The summed E-state index contributed by atoms with van der Waals surface area (Å²) in [7, 11) is 1.68. The lowest BCUT2D eigenvalue weighted by atomic mass is 9.86. The summed E-state index contributed by atoms with van der Waals surface area (Å²) < 4.78 is 5.02. The van der Waals surface area contributed by atoms with Crippen LogP contribution in [0.25, 0.3) is 0 Å². The van der Waals surface area contributed by atoms with Crippen molar-refractivity contribution < 1.29 is 4.74 Å². The minimum atomic E-state index is 0.0535. The number of anilines is 3. The molecule has 0 atom stereocenters. The standard InChI is InChI=1S/C17H24N4O/c1-17(2,3)13-7-5-6-8-14(13)20-16-19-10-9-15(21-16)18-11-12-22-4/h5-10H,11-12H2,1-4H3,(H2,18,19,20,21). The Hall–Kier alpha value is -2.14. The van der Waals surface area contributed by atoms with Crippen LogP contribution in [0.1, 0.15) is 26.3 Å². The van der Waals surface area contributed by atoms with Gasteiger partial charge in [-0.1, -0.05) is 39.0 Å². The second kappa shape index (κ2) is 7.22. The Morgan fingerprint density at radius 3 is 2.64 bits per heavy atom. The summed E-state index contributed by atoms with van der Waals surface area (Å²) in [5.41, 5.74) is 2.32. The molecule has 118 valence electrons. The summed E-state index contributed by atoms with van der Waals surface area (Å²) in [6.07, 6.45) is 1.74. The summed E-state index contributed by atoms with van der Waals surface area (Å²) in [6, 6.07) is 10.1. The van der Waals surface area contributed by atoms with Crippen molar-refractivity contribution in [3.8, 4) is 0 Å². The third-order valence-corrected chi connectivity index (χ3v) is 3.25. The van der Waals surface area contributed by atoms with E-state index in [0.717, 1.165) is 11.5 Å². The van der Waals surface area contributed by atoms with Crippen LogP contribution in [-0.2, 0) is 10.2 Å². The van der Waals surface area contributed by atoms with E-state index in [2.05, 4.69) is 59.6 Å². The van der Waals surface area contributed by atoms with E-state index >= 15 is 0 Å². The third kappa shape index (κ3) is 4.43. The van der Waals surface area contributed by atoms with Crippen LogP contribution in [-0.4, -0.2) is 30.2 Å². The van der Waals surface area contributed by atoms with Crippen molar-refractivity contribution in [2.45, 2.75) is 26.2 Å². The highest BCUT2D eigenvalue weighted by Gasteiger charge is 2.17. The summed E-state index contributed by atoms with van der Waals surface area (Å²) in [6.45, 7) is 7.93. The second-order valence-electron chi connectivity index (χ2n) is 6.11. The zero-order valence-corrected chi connectivity index (χ0v) is 13.7. The molecule has 5 heteroatoms. The average Bonchev–Trinajstić information content (AvgIpc) is 2.47. The number of rotatable bonds is 6. The fourth-order valence-electron chi connectivity index (χ4n) is 2.17. The van der Waals surface area contributed by atoms with E-state index in [-0.39, 0.29) is 5.41 Å². The van der Waals surface area contributed by atoms with Crippen molar-refractivity contribution in [2.24, 2.45) is 0 Å². The number of hydrogen-bond donors (Lipinski definition) is 2. The van der Waals surface area contributed by atoms with Gasteiger partial charge < -0.3 is 15.4 Å². The van der Waals surface area contributed by atoms with Crippen LogP contribution in [0.4, 0.5) is 17.5 Å². The van der Waals surface area contributed by atoms with Gasteiger partial charge in [0.25, 0.3) is 0 Å². The zero-order valence-electron chi connectivity index (χ0n) is 13.7. The number of hydrogen-bond acceptors (Lipinski definition) is 5. The van der Waals surface area contributed by atoms with Gasteiger partial charge in [0.05, 0.1) is 6.61 Å². The normalized spacial score (nSPS) is 11.3. The molecule has 0 spiro atoms. The van der Waals surface area contributed by atoms with Gasteiger partial charge in [0.1, 0.15) is 5.82 Å². The highest BCUT2D eigenvalue weighted by molar-refractivity contribution is 5.61. The van der Waals surface area contributed by atoms with Gasteiger partial charge in [-0.3, -0.25) is 0 Å². The fourth-order valence-corrected chi connectivity index (χ4v) is 2.17. The van der Waals surface area contributed by atoms with Gasteiger partial charge in [0.15, 0.2) is 0 Å². The molecule has 5 nitrogen and oxygen atoms in total. The Balaban J connectivity index is 2.16. The Labute approximate surface area is 132 Å². The lowest BCUT2D eigenvalue weighted by Crippen LogP contribution is -2.14. The molecule has 0 radical (unpaired) electrons. The Morgan fingerprint density at radius 1 is 1.14 bits per heavy atom. The zero-order chi connectivity index (χ0) is 16.0. The van der Waals surface area contributed by atoms with Gasteiger partial charge in [0, 0.05) is 25.5 Å². The van der Waals surface area contributed by atoms with Crippen LogP contribution >= 0.6 is 0 Å². The lowest BCUT2D eigenvalue weighted by molar-refractivity contribution is 0.210. The predicted octanol–water partition coefficient (Wildman–Crippen LogP) is 3.58. The van der Waals surface area contributed by atoms with Crippen molar-refractivity contribution in [2.75, 3.05) is 30.9 Å². The second-order valence-corrected chi connectivity index (χ2v) is 6.11. The van der Waals surface area contributed by atoms with E-state index in [4.69, 9.17) is 4.74 Å². The van der Waals surface area contributed by atoms with E-state index in [1.54, 1.807) is 13.3 Å². The van der Waals surface area contributed by atoms with Crippen LogP contribution < -0.4 is 10.6 Å². The van der Waals surface area contributed by atoms with Gasteiger partial charge in [0.2, 0.25) is 5.95 Å². The molecular weight excluding hydrogens is 276 g/mol. The van der Waals surface area contributed by atoms with Gasteiger partial charge >= 0.3 is 0 Å². The largest absolute Gasteiger partial charge is 0.383 e. The number of aromatic nitrogens is 2. The Kier molecular flexibility index (Phi) is 5.33. The van der Waals surface area contributed by atoms with E-state index in [0.29, 0.717) is 19.1 Å². The average molecular weight is 300 g/mol. The molecule has 0 fully saturated rings. The van der Waals surface area contributed by atoms with Crippen molar-refractivity contribution >= 4 is 17.5 Å². The van der Waals surface area contributed by atoms with E-state index in [1.807, 2.05) is 12.1 Å². The topological polar surface area (TPSA) is 59.1 Å². The first-order valence-electron chi connectivity index (χ1n) is 7.43. The van der Waals surface area contributed by atoms with Crippen molar-refractivity contribution in [3.63, 3.8) is 0 Å². The first-order chi connectivity index (χ1) is 10.5. The van der Waals surface area contributed by atoms with Crippen LogP contribution in [0.3, 0.4) is 0 Å². The smallest absolute Gasteiger partial charge is 0.229 e. The van der Waals surface area contributed by atoms with Gasteiger partial charge in [-0.05, 0) is 23.1 Å². The quantitative estimate of drug-likeness (QED) is 0.799. The highest BCUT2D eigenvalue weighted by atomic mass is 16.5. The number of ether oxygens (including phenoxy) is 1. The summed E-state index contributed by atoms with van der Waals surface area (Å²) in [5.74, 6) is 1.36. The van der Waals surface area contributed by atoms with Crippen molar-refractivity contribution in [1.82, 2.24) is 9.97 Å². The molecule has 0 saturated heterocycles. The molecule has 2 rings (SSSR count). The number of nitrogens with one attached hydrogen (secondary N) is 2. The molecule has 0 aliphatic carbocycles. The summed E-state index contributed by atoms with van der Waals surface area (Å²) in [5, 5.41) is 6.52. The molecular formula is C17H24N4O. The predicted molar refractivity (Wildman–Crippen MR) is 90.8 cm³/mol. The molecule has 22 heavy (non-hydrogen) atoms. The first kappa shape index (κ1) is 16.2. The molecule has 0 amide bonds. The number of methoxy groups -OCH3 is 1. The van der Waals surface area contributed by atoms with Crippen LogP contribution in [0.15, 0.2) is 36.5 Å². The minimum absolute atomic E-state index is 0.0535. The molecule has 0 unspecified atom stereocenters. The molecule has 2 aromatic rings. The molecule has 2 N–H and O–H groups in total. The Morgan fingerprint density at radius 2 is 1.91 bits per heavy atom. The molecule has 1 aromatic heterocycles. The van der Waals surface area contributed by atoms with Crippen LogP contribution in [0, 0.1) is 0 Å². The highest BCUT2D eigenvalue weighted by Crippen LogP contribution is 2.30. The van der Waals surface area contributed by atoms with Crippen molar-refractivity contribution in [1.29, 1.82) is 0 Å². The Bertz CT molecular complexity index is 608. The van der Waals surface area contributed by atoms with E-state index < -0.39 is 0 Å². The monoisotopic (exact) mass is 300 g/mol. The molecule has 0 aliphatic heterocycles. The van der Waals surface area contributed by atoms with E-state index in [1.165, 1.54) is 5.56 Å². The number of benzene rings is 1. The van der Waals surface area contributed by atoms with Gasteiger partial charge in [-0.25, -0.2) is 4.98 Å². The maximum atomic E-state index is 5.02. The van der Waals surface area contributed by atoms with Gasteiger partial charge in [-0.2, -0.15) is 4.98 Å². The number of para-hydroxylation sites is 1. The molecule has 1 aromatic carbocycles. The van der Waals surface area contributed by atoms with Crippen LogP contribution in [0.5, 0.6) is 0 Å². The van der Waals surface area contributed by atoms with Crippen molar-refractivity contribution in [3.05, 3.63) is 42.1 Å². The lowest BCUT2D eigenvalue weighted by Gasteiger charge is -2.23. The number of nitrogens with zero attached hydrogens (tertiary/aromatic N) is 2. The van der Waals surface area contributed by atoms with Crippen LogP contribution in [0.2, 0.25) is 0 Å². The summed E-state index contributed by atoms with van der Waals surface area (Å²) >= 11 is 0. The maximum absolute atomic E-state index is 5.02. The first-order valence-corrected chi connectivity index (χ1v) is 7.43. The minimum Gasteiger partial charge on any atom is -0.383 e. The maximum Gasteiger partial charge on any atom is 0.229 e. The molecule has 0 aliphatic rings. The third-order valence-electron chi connectivity index (χ3n) is 3.25. The molecule has 1 heterocycles. The SMILES string of the molecule is COCCNc1ccnc(Nc2ccccc2C(C)(C)C)n1.